The van der Waals surface area contributed by atoms with Crippen LogP contribution in [0.3, 0.4) is 0 Å². The number of nitrogens with one attached hydrogen (secondary N) is 2. The Morgan fingerprint density at radius 1 is 1.17 bits per heavy atom. The van der Waals surface area contributed by atoms with Crippen molar-refractivity contribution in [3.63, 3.8) is 0 Å². The molecule has 0 aliphatic heterocycles. The molecule has 1 aliphatic carbocycles. The molecule has 0 aromatic heterocycles. The summed E-state index contributed by atoms with van der Waals surface area (Å²) < 4.78 is 10.2. The SMILES string of the molecule is COCCOCCC(=O)NC(Cc1ccccc1)C(=O)NC1CC1. The first-order chi connectivity index (χ1) is 11.7. The van der Waals surface area contributed by atoms with Gasteiger partial charge in [0.15, 0.2) is 0 Å². The molecule has 24 heavy (non-hydrogen) atoms. The van der Waals surface area contributed by atoms with E-state index in [1.165, 1.54) is 0 Å². The molecule has 1 aromatic rings. The molecular formula is C18H26N2O4. The van der Waals surface area contributed by atoms with E-state index in [0.29, 0.717) is 26.2 Å². The third-order valence-corrected chi connectivity index (χ3v) is 3.76. The fraction of sp³-hybridized carbons (Fsp3) is 0.556. The smallest absolute Gasteiger partial charge is 0.243 e. The van der Waals surface area contributed by atoms with E-state index in [-0.39, 0.29) is 24.3 Å². The van der Waals surface area contributed by atoms with Crippen LogP contribution < -0.4 is 10.6 Å². The van der Waals surface area contributed by atoms with Gasteiger partial charge in [0.05, 0.1) is 19.8 Å². The molecule has 2 amide bonds. The molecule has 1 fully saturated rings. The summed E-state index contributed by atoms with van der Waals surface area (Å²) in [5.74, 6) is -0.297. The fourth-order valence-electron chi connectivity index (χ4n) is 2.26. The van der Waals surface area contributed by atoms with Crippen LogP contribution in [0, 0.1) is 0 Å². The van der Waals surface area contributed by atoms with Crippen molar-refractivity contribution in [3.05, 3.63) is 35.9 Å². The van der Waals surface area contributed by atoms with Gasteiger partial charge in [0.2, 0.25) is 11.8 Å². The average molecular weight is 334 g/mol. The molecule has 2 N–H and O–H groups in total. The third-order valence-electron chi connectivity index (χ3n) is 3.76. The quantitative estimate of drug-likeness (QED) is 0.593. The fourth-order valence-corrected chi connectivity index (χ4v) is 2.26. The van der Waals surface area contributed by atoms with Crippen LogP contribution in [-0.4, -0.2) is 50.8 Å². The predicted octanol–water partition coefficient (Wildman–Crippen LogP) is 1.05. The van der Waals surface area contributed by atoms with E-state index >= 15 is 0 Å². The van der Waals surface area contributed by atoms with Crippen molar-refractivity contribution < 1.29 is 19.1 Å². The van der Waals surface area contributed by atoms with Gasteiger partial charge >= 0.3 is 0 Å². The van der Waals surface area contributed by atoms with Crippen LogP contribution in [0.4, 0.5) is 0 Å². The van der Waals surface area contributed by atoms with Gasteiger partial charge in [-0.15, -0.1) is 0 Å². The van der Waals surface area contributed by atoms with Gasteiger partial charge in [0.1, 0.15) is 6.04 Å². The summed E-state index contributed by atoms with van der Waals surface area (Å²) >= 11 is 0. The summed E-state index contributed by atoms with van der Waals surface area (Å²) in [6.07, 6.45) is 2.75. The minimum atomic E-state index is -0.556. The van der Waals surface area contributed by atoms with Gasteiger partial charge < -0.3 is 20.1 Å². The molecule has 0 heterocycles. The van der Waals surface area contributed by atoms with Gasteiger partial charge in [0.25, 0.3) is 0 Å². The minimum absolute atomic E-state index is 0.116. The number of ether oxygens (including phenoxy) is 2. The molecule has 2 rings (SSSR count). The average Bonchev–Trinajstić information content (AvgIpc) is 3.39. The van der Waals surface area contributed by atoms with E-state index in [9.17, 15) is 9.59 Å². The summed E-state index contributed by atoms with van der Waals surface area (Å²) in [6, 6.07) is 9.41. The van der Waals surface area contributed by atoms with Crippen LogP contribution in [0.25, 0.3) is 0 Å². The summed E-state index contributed by atoms with van der Waals surface area (Å²) in [6.45, 7) is 1.28. The Morgan fingerprint density at radius 2 is 1.92 bits per heavy atom. The molecule has 0 spiro atoms. The number of rotatable bonds is 11. The van der Waals surface area contributed by atoms with Crippen LogP contribution in [0.15, 0.2) is 30.3 Å². The maximum atomic E-state index is 12.4. The van der Waals surface area contributed by atoms with Crippen LogP contribution in [0.2, 0.25) is 0 Å². The molecule has 1 saturated carbocycles. The molecule has 0 bridgehead atoms. The molecule has 1 unspecified atom stereocenters. The third kappa shape index (κ3) is 7.10. The van der Waals surface area contributed by atoms with E-state index in [4.69, 9.17) is 9.47 Å². The topological polar surface area (TPSA) is 76.7 Å². The minimum Gasteiger partial charge on any atom is -0.382 e. The van der Waals surface area contributed by atoms with E-state index in [0.717, 1.165) is 18.4 Å². The lowest BCUT2D eigenvalue weighted by Gasteiger charge is -2.18. The lowest BCUT2D eigenvalue weighted by atomic mass is 10.0. The van der Waals surface area contributed by atoms with Crippen molar-refractivity contribution in [2.45, 2.75) is 37.8 Å². The molecule has 0 saturated heterocycles. The van der Waals surface area contributed by atoms with Crippen molar-refractivity contribution in [1.29, 1.82) is 0 Å². The number of amides is 2. The summed E-state index contributed by atoms with van der Waals surface area (Å²) in [5, 5.41) is 5.79. The normalized spacial score (nSPS) is 14.9. The second kappa shape index (κ2) is 10.1. The number of hydrogen-bond donors (Lipinski definition) is 2. The Labute approximate surface area is 142 Å². The van der Waals surface area contributed by atoms with Crippen molar-refractivity contribution in [3.8, 4) is 0 Å². The Morgan fingerprint density at radius 3 is 2.58 bits per heavy atom. The zero-order valence-electron chi connectivity index (χ0n) is 14.1. The second-order valence-corrected chi connectivity index (χ2v) is 5.95. The molecule has 6 heteroatoms. The number of hydrogen-bond acceptors (Lipinski definition) is 4. The Bertz CT molecular complexity index is 517. The van der Waals surface area contributed by atoms with Crippen LogP contribution in [0.1, 0.15) is 24.8 Å². The lowest BCUT2D eigenvalue weighted by molar-refractivity contribution is -0.129. The molecule has 1 aromatic carbocycles. The molecule has 1 aliphatic rings. The van der Waals surface area contributed by atoms with E-state index < -0.39 is 6.04 Å². The maximum Gasteiger partial charge on any atom is 0.243 e. The zero-order valence-corrected chi connectivity index (χ0v) is 14.1. The first-order valence-electron chi connectivity index (χ1n) is 8.39. The summed E-state index contributed by atoms with van der Waals surface area (Å²) in [5.41, 5.74) is 1.02. The second-order valence-electron chi connectivity index (χ2n) is 5.95. The van der Waals surface area contributed by atoms with E-state index in [1.54, 1.807) is 7.11 Å². The van der Waals surface area contributed by atoms with E-state index in [2.05, 4.69) is 10.6 Å². The Kier molecular flexibility index (Phi) is 7.71. The molecule has 6 nitrogen and oxygen atoms in total. The highest BCUT2D eigenvalue weighted by Gasteiger charge is 2.28. The monoisotopic (exact) mass is 334 g/mol. The van der Waals surface area contributed by atoms with Crippen molar-refractivity contribution in [2.75, 3.05) is 26.9 Å². The standard InChI is InChI=1S/C18H26N2O4/c1-23-11-12-24-10-9-17(21)20-16(18(22)19-15-7-8-15)13-14-5-3-2-4-6-14/h2-6,15-16H,7-13H2,1H3,(H,19,22)(H,20,21). The van der Waals surface area contributed by atoms with Crippen molar-refractivity contribution >= 4 is 11.8 Å². The van der Waals surface area contributed by atoms with Crippen LogP contribution >= 0.6 is 0 Å². The molecular weight excluding hydrogens is 308 g/mol. The first-order valence-corrected chi connectivity index (χ1v) is 8.39. The largest absolute Gasteiger partial charge is 0.382 e. The Hall–Kier alpha value is -1.92. The van der Waals surface area contributed by atoms with Crippen molar-refractivity contribution in [1.82, 2.24) is 10.6 Å². The van der Waals surface area contributed by atoms with Gasteiger partial charge in [-0.1, -0.05) is 30.3 Å². The molecule has 132 valence electrons. The summed E-state index contributed by atoms with van der Waals surface area (Å²) in [4.78, 5) is 24.5. The van der Waals surface area contributed by atoms with Crippen molar-refractivity contribution in [2.24, 2.45) is 0 Å². The zero-order chi connectivity index (χ0) is 17.2. The number of carbonyl (C=O) groups excluding carboxylic acids is 2. The van der Waals surface area contributed by atoms with Gasteiger partial charge in [-0.2, -0.15) is 0 Å². The number of benzene rings is 1. The highest BCUT2D eigenvalue weighted by Crippen LogP contribution is 2.19. The van der Waals surface area contributed by atoms with Crippen LogP contribution in [-0.2, 0) is 25.5 Å². The number of methoxy groups -OCH3 is 1. The van der Waals surface area contributed by atoms with Gasteiger partial charge in [0, 0.05) is 26.0 Å². The maximum absolute atomic E-state index is 12.4. The predicted molar refractivity (Wildman–Crippen MR) is 90.6 cm³/mol. The lowest BCUT2D eigenvalue weighted by Crippen LogP contribution is -2.48. The highest BCUT2D eigenvalue weighted by molar-refractivity contribution is 5.88. The van der Waals surface area contributed by atoms with Gasteiger partial charge in [-0.05, 0) is 18.4 Å². The van der Waals surface area contributed by atoms with E-state index in [1.807, 2.05) is 30.3 Å². The highest BCUT2D eigenvalue weighted by atomic mass is 16.5. The molecule has 0 radical (unpaired) electrons. The Balaban J connectivity index is 1.82. The molecule has 1 atom stereocenters. The van der Waals surface area contributed by atoms with Gasteiger partial charge in [-0.3, -0.25) is 9.59 Å². The number of carbonyl (C=O) groups is 2. The first kappa shape index (κ1) is 18.4. The van der Waals surface area contributed by atoms with Crippen LogP contribution in [0.5, 0.6) is 0 Å². The summed E-state index contributed by atoms with van der Waals surface area (Å²) in [7, 11) is 1.60. The van der Waals surface area contributed by atoms with Gasteiger partial charge in [-0.25, -0.2) is 0 Å².